The number of esters is 1. The summed E-state index contributed by atoms with van der Waals surface area (Å²) >= 11 is 11.9. The molecule has 0 aliphatic rings. The molecule has 0 spiro atoms. The molecule has 6 heteroatoms. The summed E-state index contributed by atoms with van der Waals surface area (Å²) in [6.45, 7) is 1.65. The van der Waals surface area contributed by atoms with Crippen LogP contribution in [0, 0.1) is 0 Å². The number of carbonyl (C=O) groups excluding carboxylic acids is 2. The van der Waals surface area contributed by atoms with E-state index in [1.165, 1.54) is 12.1 Å². The number of ether oxygens (including phenoxy) is 1. The van der Waals surface area contributed by atoms with E-state index in [9.17, 15) is 9.59 Å². The highest BCUT2D eigenvalue weighted by Crippen LogP contribution is 2.25. The Balaban J connectivity index is 1.96. The number of rotatable bonds is 7. The highest BCUT2D eigenvalue weighted by atomic mass is 35.5. The van der Waals surface area contributed by atoms with E-state index in [2.05, 4.69) is 5.32 Å². The van der Waals surface area contributed by atoms with Gasteiger partial charge in [-0.15, -0.1) is 0 Å². The molecule has 0 aromatic heterocycles. The molecule has 1 amide bonds. The van der Waals surface area contributed by atoms with Crippen molar-refractivity contribution in [2.75, 3.05) is 6.61 Å². The van der Waals surface area contributed by atoms with E-state index < -0.39 is 12.6 Å². The molecule has 0 saturated heterocycles. The number of benzene rings is 2. The number of hydrogen-bond donors (Lipinski definition) is 1. The molecule has 4 nitrogen and oxygen atoms in total. The largest absolute Gasteiger partial charge is 0.452 e. The molecular weight excluding hydrogens is 361 g/mol. The Morgan fingerprint density at radius 3 is 2.28 bits per heavy atom. The summed E-state index contributed by atoms with van der Waals surface area (Å²) in [6, 6.07) is 14.3. The first-order valence-corrected chi connectivity index (χ1v) is 8.74. The average molecular weight is 380 g/mol. The Kier molecular flexibility index (Phi) is 7.29. The predicted molar refractivity (Wildman–Crippen MR) is 99.0 cm³/mol. The molecule has 0 radical (unpaired) electrons. The second-order valence-electron chi connectivity index (χ2n) is 5.49. The first-order chi connectivity index (χ1) is 12.0. The third-order valence-corrected chi connectivity index (χ3v) is 4.25. The predicted octanol–water partition coefficient (Wildman–Crippen LogP) is 4.81. The average Bonchev–Trinajstić information content (AvgIpc) is 2.60. The zero-order valence-electron chi connectivity index (χ0n) is 13.8. The fraction of sp³-hybridized carbons (Fsp3) is 0.263. The van der Waals surface area contributed by atoms with Crippen molar-refractivity contribution in [3.05, 3.63) is 69.7 Å². The van der Waals surface area contributed by atoms with Crippen LogP contribution < -0.4 is 5.32 Å². The summed E-state index contributed by atoms with van der Waals surface area (Å²) in [5, 5.41) is 3.26. The number of nitrogens with one attached hydrogen (secondary N) is 1. The summed E-state index contributed by atoms with van der Waals surface area (Å²) in [4.78, 5) is 24.3. The van der Waals surface area contributed by atoms with Crippen LogP contribution in [0.15, 0.2) is 48.5 Å². The van der Waals surface area contributed by atoms with Gasteiger partial charge in [0.1, 0.15) is 0 Å². The maximum Gasteiger partial charge on any atom is 0.341 e. The summed E-state index contributed by atoms with van der Waals surface area (Å²) in [7, 11) is 0. The topological polar surface area (TPSA) is 55.4 Å². The van der Waals surface area contributed by atoms with Gasteiger partial charge in [0.2, 0.25) is 0 Å². The quantitative estimate of drug-likeness (QED) is 0.702. The molecule has 2 rings (SSSR count). The third-order valence-electron chi connectivity index (χ3n) is 3.62. The van der Waals surface area contributed by atoms with Crippen molar-refractivity contribution in [1.82, 2.24) is 5.32 Å². The molecule has 0 fully saturated rings. The molecule has 132 valence electrons. The van der Waals surface area contributed by atoms with Crippen LogP contribution in [-0.4, -0.2) is 18.5 Å². The van der Waals surface area contributed by atoms with Crippen LogP contribution in [0.4, 0.5) is 0 Å². The molecule has 0 unspecified atom stereocenters. The summed E-state index contributed by atoms with van der Waals surface area (Å²) in [5.41, 5.74) is 1.07. The van der Waals surface area contributed by atoms with Gasteiger partial charge in [-0.3, -0.25) is 4.79 Å². The van der Waals surface area contributed by atoms with Gasteiger partial charge in [-0.1, -0.05) is 72.9 Å². The fourth-order valence-corrected chi connectivity index (χ4v) is 2.98. The molecule has 0 aliphatic heterocycles. The molecule has 1 N–H and O–H groups in total. The van der Waals surface area contributed by atoms with Crippen LogP contribution in [0.1, 0.15) is 41.7 Å². The minimum atomic E-state index is -0.725. The van der Waals surface area contributed by atoms with Crippen molar-refractivity contribution in [3.8, 4) is 0 Å². The lowest BCUT2D eigenvalue weighted by atomic mass is 10.0. The highest BCUT2D eigenvalue weighted by Gasteiger charge is 2.19. The lowest BCUT2D eigenvalue weighted by Crippen LogP contribution is -2.32. The molecule has 0 saturated carbocycles. The Morgan fingerprint density at radius 1 is 1.04 bits per heavy atom. The van der Waals surface area contributed by atoms with Crippen LogP contribution >= 0.6 is 23.2 Å². The van der Waals surface area contributed by atoms with Crippen molar-refractivity contribution >= 4 is 35.1 Å². The fourth-order valence-electron chi connectivity index (χ4n) is 2.43. The molecule has 0 bridgehead atoms. The Bertz CT molecular complexity index is 714. The van der Waals surface area contributed by atoms with Gasteiger partial charge in [0.15, 0.2) is 6.61 Å². The van der Waals surface area contributed by atoms with Gasteiger partial charge in [0.25, 0.3) is 5.91 Å². The first-order valence-electron chi connectivity index (χ1n) is 7.98. The molecule has 1 atom stereocenters. The minimum absolute atomic E-state index is 0.0619. The van der Waals surface area contributed by atoms with Gasteiger partial charge >= 0.3 is 5.97 Å². The van der Waals surface area contributed by atoms with Crippen molar-refractivity contribution in [3.63, 3.8) is 0 Å². The van der Waals surface area contributed by atoms with E-state index in [0.29, 0.717) is 0 Å². The Labute approximate surface area is 157 Å². The van der Waals surface area contributed by atoms with Gasteiger partial charge in [-0.2, -0.15) is 0 Å². The van der Waals surface area contributed by atoms with Gasteiger partial charge in [-0.25, -0.2) is 4.79 Å². The van der Waals surface area contributed by atoms with Gasteiger partial charge in [0, 0.05) is 0 Å². The van der Waals surface area contributed by atoms with Crippen LogP contribution in [0.3, 0.4) is 0 Å². The zero-order chi connectivity index (χ0) is 18.2. The number of hydrogen-bond acceptors (Lipinski definition) is 3. The Hall–Kier alpha value is -2.04. The lowest BCUT2D eigenvalue weighted by molar-refractivity contribution is -0.125. The summed E-state index contributed by atoms with van der Waals surface area (Å²) in [6.07, 6.45) is 1.70. The van der Waals surface area contributed by atoms with E-state index in [1.807, 2.05) is 37.3 Å². The Morgan fingerprint density at radius 2 is 1.68 bits per heavy atom. The normalized spacial score (nSPS) is 11.6. The smallest absolute Gasteiger partial charge is 0.341 e. The number of carbonyl (C=O) groups is 2. The lowest BCUT2D eigenvalue weighted by Gasteiger charge is -2.18. The maximum absolute atomic E-state index is 12.2. The third kappa shape index (κ3) is 5.48. The monoisotopic (exact) mass is 379 g/mol. The molecule has 25 heavy (non-hydrogen) atoms. The molecule has 2 aromatic rings. The molecular formula is C19H19Cl2NO3. The molecule has 0 aliphatic carbocycles. The molecule has 0 heterocycles. The van der Waals surface area contributed by atoms with E-state index in [1.54, 1.807) is 6.07 Å². The van der Waals surface area contributed by atoms with E-state index in [-0.39, 0.29) is 27.6 Å². The SMILES string of the molecule is CCC[C@@H](NC(=O)COC(=O)c1c(Cl)cccc1Cl)c1ccccc1. The van der Waals surface area contributed by atoms with Gasteiger partial charge in [0.05, 0.1) is 21.7 Å². The zero-order valence-corrected chi connectivity index (χ0v) is 15.3. The van der Waals surface area contributed by atoms with Crippen LogP contribution in [0.2, 0.25) is 10.0 Å². The van der Waals surface area contributed by atoms with Gasteiger partial charge in [-0.05, 0) is 24.1 Å². The second-order valence-corrected chi connectivity index (χ2v) is 6.31. The van der Waals surface area contributed by atoms with Crippen molar-refractivity contribution in [2.45, 2.75) is 25.8 Å². The van der Waals surface area contributed by atoms with Crippen molar-refractivity contribution in [2.24, 2.45) is 0 Å². The number of halogens is 2. The summed E-state index contributed by atoms with van der Waals surface area (Å²) < 4.78 is 5.05. The van der Waals surface area contributed by atoms with E-state index in [4.69, 9.17) is 27.9 Å². The summed E-state index contributed by atoms with van der Waals surface area (Å²) in [5.74, 6) is -1.10. The van der Waals surface area contributed by atoms with Gasteiger partial charge < -0.3 is 10.1 Å². The van der Waals surface area contributed by atoms with Crippen LogP contribution in [-0.2, 0) is 9.53 Å². The second kappa shape index (κ2) is 9.44. The number of amides is 1. The first kappa shape index (κ1) is 19.3. The maximum atomic E-state index is 12.2. The van der Waals surface area contributed by atoms with E-state index >= 15 is 0 Å². The van der Waals surface area contributed by atoms with Crippen molar-refractivity contribution < 1.29 is 14.3 Å². The van der Waals surface area contributed by atoms with Crippen LogP contribution in [0.25, 0.3) is 0 Å². The van der Waals surface area contributed by atoms with Crippen molar-refractivity contribution in [1.29, 1.82) is 0 Å². The minimum Gasteiger partial charge on any atom is -0.452 e. The van der Waals surface area contributed by atoms with E-state index in [0.717, 1.165) is 18.4 Å². The van der Waals surface area contributed by atoms with Crippen LogP contribution in [0.5, 0.6) is 0 Å². The standard InChI is InChI=1S/C19H19Cl2NO3/c1-2-7-16(13-8-4-3-5-9-13)22-17(23)12-25-19(24)18-14(20)10-6-11-15(18)21/h3-6,8-11,16H,2,7,12H2,1H3,(H,22,23)/t16-/m1/s1. The highest BCUT2D eigenvalue weighted by molar-refractivity contribution is 6.39. The molecule has 2 aromatic carbocycles.